The highest BCUT2D eigenvalue weighted by Gasteiger charge is 2.17. The molecular formula is C18H23N3O3S. The second-order valence-electron chi connectivity index (χ2n) is 5.87. The van der Waals surface area contributed by atoms with E-state index in [1.165, 1.54) is 10.6 Å². The average Bonchev–Trinajstić information content (AvgIpc) is 2.58. The number of aryl methyl sites for hydroxylation is 1. The van der Waals surface area contributed by atoms with Crippen molar-refractivity contribution in [3.05, 3.63) is 59.9 Å². The Balaban J connectivity index is 1.86. The van der Waals surface area contributed by atoms with Gasteiger partial charge in [0.1, 0.15) is 0 Å². The lowest BCUT2D eigenvalue weighted by Crippen LogP contribution is -2.32. The van der Waals surface area contributed by atoms with Gasteiger partial charge in [-0.1, -0.05) is 23.8 Å². The lowest BCUT2D eigenvalue weighted by Gasteiger charge is -2.22. The van der Waals surface area contributed by atoms with Crippen molar-refractivity contribution in [2.24, 2.45) is 0 Å². The maximum atomic E-state index is 12.0. The summed E-state index contributed by atoms with van der Waals surface area (Å²) in [7, 11) is -3.39. The number of hydrogen-bond donors (Lipinski definition) is 1. The lowest BCUT2D eigenvalue weighted by molar-refractivity contribution is -0.121. The largest absolute Gasteiger partial charge is 0.350 e. The van der Waals surface area contributed by atoms with E-state index in [1.54, 1.807) is 18.3 Å². The van der Waals surface area contributed by atoms with E-state index in [2.05, 4.69) is 10.3 Å². The first-order valence-electron chi connectivity index (χ1n) is 8.07. The van der Waals surface area contributed by atoms with Crippen LogP contribution in [-0.4, -0.2) is 32.1 Å². The molecule has 0 unspecified atom stereocenters. The molecule has 0 spiro atoms. The molecule has 25 heavy (non-hydrogen) atoms. The number of carbonyl (C=O) groups is 1. The van der Waals surface area contributed by atoms with Gasteiger partial charge in [0.15, 0.2) is 0 Å². The van der Waals surface area contributed by atoms with Crippen molar-refractivity contribution in [1.29, 1.82) is 0 Å². The molecule has 1 heterocycles. The maximum Gasteiger partial charge on any atom is 0.232 e. The van der Waals surface area contributed by atoms with Gasteiger partial charge >= 0.3 is 0 Å². The van der Waals surface area contributed by atoms with Gasteiger partial charge in [0.05, 0.1) is 24.2 Å². The molecule has 0 radical (unpaired) electrons. The summed E-state index contributed by atoms with van der Waals surface area (Å²) in [6.07, 6.45) is 3.54. The molecule has 1 aromatic carbocycles. The van der Waals surface area contributed by atoms with E-state index in [9.17, 15) is 13.2 Å². The zero-order valence-electron chi connectivity index (χ0n) is 14.5. The van der Waals surface area contributed by atoms with Gasteiger partial charge in [0.25, 0.3) is 0 Å². The Morgan fingerprint density at radius 3 is 2.48 bits per heavy atom. The van der Waals surface area contributed by atoms with Crippen LogP contribution in [0.3, 0.4) is 0 Å². The molecule has 0 atom stereocenters. The number of sulfonamides is 1. The highest BCUT2D eigenvalue weighted by atomic mass is 32.2. The Bertz CT molecular complexity index is 790. The lowest BCUT2D eigenvalue weighted by atomic mass is 10.2. The standard InChI is InChI=1S/C18H23N3O3S/c1-15-8-10-17(11-9-15)21(25(2,23)24)13-5-7-18(22)20-14-16-6-3-4-12-19-16/h3-4,6,8-12H,5,7,13-14H2,1-2H3,(H,20,22). The van der Waals surface area contributed by atoms with Crippen LogP contribution in [0.5, 0.6) is 0 Å². The van der Waals surface area contributed by atoms with Gasteiger partial charge < -0.3 is 5.32 Å². The molecule has 6 nitrogen and oxygen atoms in total. The van der Waals surface area contributed by atoms with Crippen LogP contribution in [-0.2, 0) is 21.4 Å². The number of hydrogen-bond acceptors (Lipinski definition) is 4. The molecule has 1 amide bonds. The minimum absolute atomic E-state index is 0.122. The Hall–Kier alpha value is -2.41. The summed E-state index contributed by atoms with van der Waals surface area (Å²) >= 11 is 0. The van der Waals surface area contributed by atoms with Crippen LogP contribution in [0.4, 0.5) is 5.69 Å². The highest BCUT2D eigenvalue weighted by molar-refractivity contribution is 7.92. The highest BCUT2D eigenvalue weighted by Crippen LogP contribution is 2.18. The molecular weight excluding hydrogens is 338 g/mol. The van der Waals surface area contributed by atoms with Crippen molar-refractivity contribution in [2.45, 2.75) is 26.3 Å². The van der Waals surface area contributed by atoms with Crippen LogP contribution < -0.4 is 9.62 Å². The van der Waals surface area contributed by atoms with Gasteiger partial charge in [-0.2, -0.15) is 0 Å². The molecule has 0 aliphatic carbocycles. The number of rotatable bonds is 8. The third-order valence-corrected chi connectivity index (χ3v) is 4.87. The molecule has 0 saturated heterocycles. The summed E-state index contributed by atoms with van der Waals surface area (Å²) in [5.74, 6) is -0.122. The number of nitrogens with one attached hydrogen (secondary N) is 1. The van der Waals surface area contributed by atoms with E-state index in [1.807, 2.05) is 37.3 Å². The monoisotopic (exact) mass is 361 g/mol. The minimum atomic E-state index is -3.39. The molecule has 1 aromatic heterocycles. The third kappa shape index (κ3) is 6.19. The second-order valence-corrected chi connectivity index (χ2v) is 7.78. The van der Waals surface area contributed by atoms with E-state index in [0.717, 1.165) is 11.3 Å². The molecule has 0 fully saturated rings. The zero-order valence-corrected chi connectivity index (χ0v) is 15.3. The molecule has 0 saturated carbocycles. The number of anilines is 1. The predicted octanol–water partition coefficient (Wildman–Crippen LogP) is 2.25. The van der Waals surface area contributed by atoms with Gasteiger partial charge in [-0.3, -0.25) is 14.1 Å². The quantitative estimate of drug-likeness (QED) is 0.782. The van der Waals surface area contributed by atoms with Gasteiger partial charge in [0, 0.05) is 19.2 Å². The fraction of sp³-hybridized carbons (Fsp3) is 0.333. The Kier molecular flexibility index (Phi) is 6.52. The summed E-state index contributed by atoms with van der Waals surface area (Å²) in [4.78, 5) is 16.1. The minimum Gasteiger partial charge on any atom is -0.350 e. The number of carbonyl (C=O) groups excluding carboxylic acids is 1. The van der Waals surface area contributed by atoms with Crippen LogP contribution >= 0.6 is 0 Å². The molecule has 134 valence electrons. The molecule has 0 aliphatic heterocycles. The van der Waals surface area contributed by atoms with Crippen molar-refractivity contribution in [3.63, 3.8) is 0 Å². The van der Waals surface area contributed by atoms with E-state index < -0.39 is 10.0 Å². The Labute approximate surface area is 148 Å². The predicted molar refractivity (Wildman–Crippen MR) is 98.7 cm³/mol. The van der Waals surface area contributed by atoms with Crippen molar-refractivity contribution < 1.29 is 13.2 Å². The number of benzene rings is 1. The second kappa shape index (κ2) is 8.62. The Morgan fingerprint density at radius 2 is 1.88 bits per heavy atom. The average molecular weight is 361 g/mol. The van der Waals surface area contributed by atoms with Gasteiger partial charge in [0.2, 0.25) is 15.9 Å². The fourth-order valence-electron chi connectivity index (χ4n) is 2.36. The first-order chi connectivity index (χ1) is 11.9. The summed E-state index contributed by atoms with van der Waals surface area (Å²) in [6, 6.07) is 12.8. The van der Waals surface area contributed by atoms with Gasteiger partial charge in [-0.15, -0.1) is 0 Å². The molecule has 0 bridgehead atoms. The van der Waals surface area contributed by atoms with Crippen molar-refractivity contribution >= 4 is 21.6 Å². The number of nitrogens with zero attached hydrogens (tertiary/aromatic N) is 2. The van der Waals surface area contributed by atoms with Gasteiger partial charge in [-0.25, -0.2) is 8.42 Å². The summed E-state index contributed by atoms with van der Waals surface area (Å²) in [5.41, 5.74) is 2.46. The molecule has 1 N–H and O–H groups in total. The topological polar surface area (TPSA) is 79.4 Å². The first-order valence-corrected chi connectivity index (χ1v) is 9.92. The van der Waals surface area contributed by atoms with Crippen molar-refractivity contribution in [3.8, 4) is 0 Å². The number of aromatic nitrogens is 1. The smallest absolute Gasteiger partial charge is 0.232 e. The number of pyridine rings is 1. The SMILES string of the molecule is Cc1ccc(N(CCCC(=O)NCc2ccccn2)S(C)(=O)=O)cc1. The normalized spacial score (nSPS) is 11.1. The molecule has 0 aliphatic rings. The van der Waals surface area contributed by atoms with Crippen LogP contribution in [0.1, 0.15) is 24.1 Å². The van der Waals surface area contributed by atoms with E-state index in [0.29, 0.717) is 18.7 Å². The van der Waals surface area contributed by atoms with Crippen LogP contribution in [0, 0.1) is 6.92 Å². The summed E-state index contributed by atoms with van der Waals surface area (Å²) in [5, 5.41) is 2.79. The van der Waals surface area contributed by atoms with Gasteiger partial charge in [-0.05, 0) is 37.6 Å². The summed E-state index contributed by atoms with van der Waals surface area (Å²) < 4.78 is 25.4. The maximum absolute atomic E-state index is 12.0. The van der Waals surface area contributed by atoms with Crippen LogP contribution in [0.25, 0.3) is 0 Å². The van der Waals surface area contributed by atoms with E-state index in [-0.39, 0.29) is 18.9 Å². The molecule has 2 rings (SSSR count). The third-order valence-electron chi connectivity index (χ3n) is 3.68. The van der Waals surface area contributed by atoms with Crippen LogP contribution in [0.15, 0.2) is 48.7 Å². The van der Waals surface area contributed by atoms with Crippen molar-refractivity contribution in [1.82, 2.24) is 10.3 Å². The molecule has 7 heteroatoms. The summed E-state index contributed by atoms with van der Waals surface area (Å²) in [6.45, 7) is 2.58. The zero-order chi connectivity index (χ0) is 18.3. The van der Waals surface area contributed by atoms with E-state index >= 15 is 0 Å². The Morgan fingerprint density at radius 1 is 1.16 bits per heavy atom. The molecule has 2 aromatic rings. The van der Waals surface area contributed by atoms with E-state index in [4.69, 9.17) is 0 Å². The first kappa shape index (κ1) is 18.9. The number of amides is 1. The van der Waals surface area contributed by atoms with Crippen molar-refractivity contribution in [2.75, 3.05) is 17.1 Å². The van der Waals surface area contributed by atoms with Crippen LogP contribution in [0.2, 0.25) is 0 Å². The fourth-order valence-corrected chi connectivity index (χ4v) is 3.33.